The number of nitrogens with zero attached hydrogens (tertiary/aromatic N) is 1. The molecule has 2 heteroatoms. The Balaban J connectivity index is 2.20. The molecule has 0 saturated carbocycles. The summed E-state index contributed by atoms with van der Waals surface area (Å²) in [7, 11) is 0. The van der Waals surface area contributed by atoms with Crippen LogP contribution in [-0.4, -0.2) is 37.2 Å². The maximum absolute atomic E-state index is 5.41. The Labute approximate surface area is 69.5 Å². The Morgan fingerprint density at radius 2 is 2.27 bits per heavy atom. The van der Waals surface area contributed by atoms with E-state index in [1.165, 1.54) is 25.9 Å². The minimum absolute atomic E-state index is 0.708. The summed E-state index contributed by atoms with van der Waals surface area (Å²) >= 11 is 0. The first-order valence-corrected chi connectivity index (χ1v) is 4.70. The van der Waals surface area contributed by atoms with Crippen LogP contribution < -0.4 is 0 Å². The van der Waals surface area contributed by atoms with Gasteiger partial charge in [0.2, 0.25) is 0 Å². The van der Waals surface area contributed by atoms with E-state index in [1.54, 1.807) is 0 Å². The van der Waals surface area contributed by atoms with Crippen molar-refractivity contribution in [3.63, 3.8) is 0 Å². The molecule has 1 aliphatic rings. The maximum atomic E-state index is 5.41. The van der Waals surface area contributed by atoms with Crippen molar-refractivity contribution in [3.05, 3.63) is 0 Å². The molecule has 11 heavy (non-hydrogen) atoms. The Morgan fingerprint density at radius 1 is 1.45 bits per heavy atom. The van der Waals surface area contributed by atoms with Gasteiger partial charge in [0, 0.05) is 12.6 Å². The van der Waals surface area contributed by atoms with Gasteiger partial charge in [-0.05, 0) is 32.9 Å². The molecule has 2 nitrogen and oxygen atoms in total. The molecule has 0 aromatic carbocycles. The van der Waals surface area contributed by atoms with Gasteiger partial charge < -0.3 is 4.74 Å². The first-order chi connectivity index (χ1) is 5.38. The molecule has 1 heterocycles. The molecule has 66 valence electrons. The summed E-state index contributed by atoms with van der Waals surface area (Å²) in [5.74, 6) is 0. The van der Waals surface area contributed by atoms with Gasteiger partial charge in [-0.15, -0.1) is 0 Å². The Hall–Kier alpha value is -0.0800. The zero-order chi connectivity index (χ0) is 8.10. The first kappa shape index (κ1) is 9.01. The predicted molar refractivity (Wildman–Crippen MR) is 46.8 cm³/mol. The van der Waals surface area contributed by atoms with E-state index >= 15 is 0 Å². The highest BCUT2D eigenvalue weighted by Gasteiger charge is 2.22. The van der Waals surface area contributed by atoms with E-state index < -0.39 is 0 Å². The van der Waals surface area contributed by atoms with E-state index in [0.29, 0.717) is 6.04 Å². The van der Waals surface area contributed by atoms with Crippen LogP contribution in [0.25, 0.3) is 0 Å². The Morgan fingerprint density at radius 3 is 2.91 bits per heavy atom. The topological polar surface area (TPSA) is 12.5 Å². The average Bonchev–Trinajstić information content (AvgIpc) is 2.47. The fraction of sp³-hybridized carbons (Fsp3) is 1.00. The van der Waals surface area contributed by atoms with Crippen molar-refractivity contribution >= 4 is 0 Å². The zero-order valence-corrected chi connectivity index (χ0v) is 7.68. The van der Waals surface area contributed by atoms with Crippen LogP contribution in [0.5, 0.6) is 0 Å². The number of ether oxygens (including phenoxy) is 1. The fourth-order valence-corrected chi connectivity index (χ4v) is 1.75. The van der Waals surface area contributed by atoms with Crippen molar-refractivity contribution in [1.29, 1.82) is 0 Å². The second-order valence-corrected chi connectivity index (χ2v) is 3.08. The maximum Gasteiger partial charge on any atom is 0.0621 e. The predicted octanol–water partition coefficient (Wildman–Crippen LogP) is 1.51. The lowest BCUT2D eigenvalue weighted by Gasteiger charge is -2.21. The summed E-state index contributed by atoms with van der Waals surface area (Å²) in [4.78, 5) is 2.51. The lowest BCUT2D eigenvalue weighted by Crippen LogP contribution is -2.32. The summed E-state index contributed by atoms with van der Waals surface area (Å²) < 4.78 is 5.41. The molecule has 1 rings (SSSR count). The molecule has 1 fully saturated rings. The third kappa shape index (κ3) is 2.46. The highest BCUT2D eigenvalue weighted by Crippen LogP contribution is 2.16. The quantitative estimate of drug-likeness (QED) is 0.613. The Kier molecular flexibility index (Phi) is 3.87. The highest BCUT2D eigenvalue weighted by atomic mass is 16.5. The van der Waals surface area contributed by atoms with Crippen LogP contribution in [0.1, 0.15) is 26.7 Å². The van der Waals surface area contributed by atoms with Crippen molar-refractivity contribution in [2.75, 3.05) is 26.3 Å². The van der Waals surface area contributed by atoms with Gasteiger partial charge in [0.05, 0.1) is 6.61 Å². The molecule has 1 aliphatic heterocycles. The van der Waals surface area contributed by atoms with E-state index in [1.807, 2.05) is 0 Å². The van der Waals surface area contributed by atoms with Gasteiger partial charge in [0.15, 0.2) is 0 Å². The van der Waals surface area contributed by atoms with Gasteiger partial charge in [-0.2, -0.15) is 0 Å². The van der Waals surface area contributed by atoms with Crippen molar-refractivity contribution in [2.24, 2.45) is 0 Å². The molecule has 0 unspecified atom stereocenters. The minimum atomic E-state index is 0.708. The molecule has 0 N–H and O–H groups in total. The van der Waals surface area contributed by atoms with E-state index in [4.69, 9.17) is 4.74 Å². The van der Waals surface area contributed by atoms with Crippen molar-refractivity contribution < 1.29 is 4.74 Å². The van der Waals surface area contributed by atoms with E-state index in [9.17, 15) is 0 Å². The fourth-order valence-electron chi connectivity index (χ4n) is 1.75. The first-order valence-electron chi connectivity index (χ1n) is 4.70. The van der Waals surface area contributed by atoms with Crippen LogP contribution in [0.4, 0.5) is 0 Å². The van der Waals surface area contributed by atoms with Gasteiger partial charge in [-0.3, -0.25) is 4.90 Å². The van der Waals surface area contributed by atoms with Crippen LogP contribution in [0.15, 0.2) is 0 Å². The standard InChI is InChI=1S/C9H19NO/c1-3-10-7-5-6-9(10)8-11-4-2/h9H,3-8H2,1-2H3/t9-/m1/s1. The summed E-state index contributed by atoms with van der Waals surface area (Å²) in [6.07, 6.45) is 2.68. The summed E-state index contributed by atoms with van der Waals surface area (Å²) in [6, 6.07) is 0.708. The molecule has 1 atom stereocenters. The smallest absolute Gasteiger partial charge is 0.0621 e. The molecule has 0 aromatic rings. The molecular formula is C9H19NO. The van der Waals surface area contributed by atoms with Gasteiger partial charge in [0.1, 0.15) is 0 Å². The van der Waals surface area contributed by atoms with Gasteiger partial charge in [0.25, 0.3) is 0 Å². The van der Waals surface area contributed by atoms with Gasteiger partial charge in [-0.25, -0.2) is 0 Å². The number of hydrogen-bond donors (Lipinski definition) is 0. The van der Waals surface area contributed by atoms with Crippen LogP contribution in [0.2, 0.25) is 0 Å². The normalized spacial score (nSPS) is 26.2. The van der Waals surface area contributed by atoms with E-state index in [2.05, 4.69) is 18.7 Å². The van der Waals surface area contributed by atoms with E-state index in [0.717, 1.165) is 13.2 Å². The highest BCUT2D eigenvalue weighted by molar-refractivity contribution is 4.77. The molecule has 0 amide bonds. The molecular weight excluding hydrogens is 138 g/mol. The van der Waals surface area contributed by atoms with Crippen LogP contribution in [0, 0.1) is 0 Å². The van der Waals surface area contributed by atoms with Crippen molar-refractivity contribution in [1.82, 2.24) is 4.90 Å². The SMILES string of the molecule is CCOC[C@H]1CCCN1CC. The monoisotopic (exact) mass is 157 g/mol. The second kappa shape index (κ2) is 4.73. The number of likely N-dealkylation sites (tertiary alicyclic amines) is 1. The van der Waals surface area contributed by atoms with Gasteiger partial charge >= 0.3 is 0 Å². The zero-order valence-electron chi connectivity index (χ0n) is 7.68. The minimum Gasteiger partial charge on any atom is -0.380 e. The summed E-state index contributed by atoms with van der Waals surface area (Å²) in [5, 5.41) is 0. The molecule has 0 spiro atoms. The third-order valence-corrected chi connectivity index (χ3v) is 2.42. The van der Waals surface area contributed by atoms with Crippen LogP contribution in [0.3, 0.4) is 0 Å². The molecule has 0 bridgehead atoms. The molecule has 0 aromatic heterocycles. The Bertz CT molecular complexity index is 106. The van der Waals surface area contributed by atoms with Crippen LogP contribution in [-0.2, 0) is 4.74 Å². The largest absolute Gasteiger partial charge is 0.380 e. The summed E-state index contributed by atoms with van der Waals surface area (Å²) in [6.45, 7) is 8.53. The van der Waals surface area contributed by atoms with Crippen molar-refractivity contribution in [3.8, 4) is 0 Å². The van der Waals surface area contributed by atoms with E-state index in [-0.39, 0.29) is 0 Å². The number of likely N-dealkylation sites (N-methyl/N-ethyl adjacent to an activating group) is 1. The number of hydrogen-bond acceptors (Lipinski definition) is 2. The lowest BCUT2D eigenvalue weighted by atomic mass is 10.2. The summed E-state index contributed by atoms with van der Waals surface area (Å²) in [5.41, 5.74) is 0. The molecule has 1 saturated heterocycles. The lowest BCUT2D eigenvalue weighted by molar-refractivity contribution is 0.0874. The average molecular weight is 157 g/mol. The molecule has 0 aliphatic carbocycles. The number of rotatable bonds is 4. The van der Waals surface area contributed by atoms with Gasteiger partial charge in [-0.1, -0.05) is 6.92 Å². The van der Waals surface area contributed by atoms with Crippen LogP contribution >= 0.6 is 0 Å². The second-order valence-electron chi connectivity index (χ2n) is 3.08. The molecule has 0 radical (unpaired) electrons. The van der Waals surface area contributed by atoms with Crippen molar-refractivity contribution in [2.45, 2.75) is 32.7 Å². The third-order valence-electron chi connectivity index (χ3n) is 2.42.